The molecule has 0 saturated heterocycles. The quantitative estimate of drug-likeness (QED) is 0.573. The lowest BCUT2D eigenvalue weighted by Gasteiger charge is -1.93. The van der Waals surface area contributed by atoms with E-state index in [-0.39, 0.29) is 5.91 Å². The molecule has 0 radical (unpaired) electrons. The zero-order valence-corrected chi connectivity index (χ0v) is 7.73. The van der Waals surface area contributed by atoms with Crippen LogP contribution in [0.1, 0.15) is 13.8 Å². The molecule has 0 spiro atoms. The van der Waals surface area contributed by atoms with Gasteiger partial charge in [-0.1, -0.05) is 0 Å². The summed E-state index contributed by atoms with van der Waals surface area (Å²) in [5, 5.41) is 2.66. The van der Waals surface area contributed by atoms with Crippen molar-refractivity contribution in [2.75, 3.05) is 6.54 Å². The van der Waals surface area contributed by atoms with Crippen LogP contribution < -0.4 is 5.32 Å². The van der Waals surface area contributed by atoms with E-state index in [0.717, 1.165) is 3.58 Å². The van der Waals surface area contributed by atoms with Crippen LogP contribution in [-0.2, 0) is 4.79 Å². The van der Waals surface area contributed by atoms with Gasteiger partial charge in [0.2, 0.25) is 5.91 Å². The lowest BCUT2D eigenvalue weighted by Crippen LogP contribution is -2.19. The van der Waals surface area contributed by atoms with Crippen molar-refractivity contribution in [2.24, 2.45) is 0 Å². The van der Waals surface area contributed by atoms with Gasteiger partial charge in [-0.05, 0) is 40.0 Å². The van der Waals surface area contributed by atoms with Gasteiger partial charge in [-0.15, -0.1) is 0 Å². The molecule has 0 aromatic rings. The summed E-state index contributed by atoms with van der Waals surface area (Å²) in [5.74, 6) is -0.00981. The van der Waals surface area contributed by atoms with Crippen molar-refractivity contribution >= 4 is 28.5 Å². The van der Waals surface area contributed by atoms with E-state index in [9.17, 15) is 4.79 Å². The predicted octanol–water partition coefficient (Wildman–Crippen LogP) is 1.46. The smallest absolute Gasteiger partial charge is 0.244 e. The molecule has 9 heavy (non-hydrogen) atoms. The maximum absolute atomic E-state index is 10.7. The zero-order valence-electron chi connectivity index (χ0n) is 5.57. The molecule has 0 rings (SSSR count). The van der Waals surface area contributed by atoms with Crippen LogP contribution in [0.15, 0.2) is 9.66 Å². The Morgan fingerprint density at radius 3 is 2.67 bits per heavy atom. The fourth-order valence-corrected chi connectivity index (χ4v) is 0.689. The second-order valence-electron chi connectivity index (χ2n) is 1.63. The highest BCUT2D eigenvalue weighted by Crippen LogP contribution is 2.00. The van der Waals surface area contributed by atoms with E-state index in [2.05, 4.69) is 27.9 Å². The molecular formula is C6H10INO. The number of rotatable bonds is 2. The highest BCUT2D eigenvalue weighted by atomic mass is 127. The first-order valence-corrected chi connectivity index (χ1v) is 3.86. The number of carbonyl (C=O) groups is 1. The van der Waals surface area contributed by atoms with E-state index in [1.54, 1.807) is 6.08 Å². The molecule has 0 aromatic carbocycles. The molecule has 1 amide bonds. The summed E-state index contributed by atoms with van der Waals surface area (Å²) in [6.07, 6.45) is 1.57. The lowest BCUT2D eigenvalue weighted by atomic mass is 10.5. The number of likely N-dealkylation sites (N-methyl/N-ethyl adjacent to an activating group) is 1. The predicted molar refractivity (Wildman–Crippen MR) is 46.5 cm³/mol. The molecule has 0 fully saturated rings. The van der Waals surface area contributed by atoms with Gasteiger partial charge in [0, 0.05) is 12.6 Å². The Morgan fingerprint density at radius 2 is 2.33 bits per heavy atom. The van der Waals surface area contributed by atoms with Crippen LogP contribution in [0.2, 0.25) is 0 Å². The summed E-state index contributed by atoms with van der Waals surface area (Å²) in [6, 6.07) is 0. The largest absolute Gasteiger partial charge is 0.353 e. The Morgan fingerprint density at radius 1 is 1.78 bits per heavy atom. The topological polar surface area (TPSA) is 29.1 Å². The molecule has 3 heteroatoms. The van der Waals surface area contributed by atoms with Crippen molar-refractivity contribution < 1.29 is 4.79 Å². The molecule has 0 unspecified atom stereocenters. The van der Waals surface area contributed by atoms with Crippen LogP contribution in [0, 0.1) is 0 Å². The number of nitrogens with one attached hydrogen (secondary N) is 1. The van der Waals surface area contributed by atoms with E-state index in [1.165, 1.54) is 0 Å². The highest BCUT2D eigenvalue weighted by Gasteiger charge is 1.90. The molecule has 0 atom stereocenters. The fraction of sp³-hybridized carbons (Fsp3) is 0.500. The fourth-order valence-electron chi connectivity index (χ4n) is 0.406. The van der Waals surface area contributed by atoms with E-state index in [4.69, 9.17) is 0 Å². The average molecular weight is 239 g/mol. The minimum absolute atomic E-state index is 0.00981. The third kappa shape index (κ3) is 5.82. The van der Waals surface area contributed by atoms with Gasteiger partial charge in [-0.3, -0.25) is 4.79 Å². The number of hydrogen-bond acceptors (Lipinski definition) is 1. The normalized spacial score (nSPS) is 11.2. The van der Waals surface area contributed by atoms with Gasteiger partial charge in [0.15, 0.2) is 0 Å². The maximum atomic E-state index is 10.7. The minimum atomic E-state index is -0.00981. The van der Waals surface area contributed by atoms with Gasteiger partial charge in [-0.25, -0.2) is 0 Å². The molecule has 0 saturated carbocycles. The first-order valence-electron chi connectivity index (χ1n) is 2.78. The molecular weight excluding hydrogens is 229 g/mol. The molecule has 1 N–H and O–H groups in total. The van der Waals surface area contributed by atoms with Gasteiger partial charge in [-0.2, -0.15) is 0 Å². The number of halogens is 1. The number of amides is 1. The van der Waals surface area contributed by atoms with Crippen LogP contribution in [0.5, 0.6) is 0 Å². The van der Waals surface area contributed by atoms with Crippen LogP contribution in [0.3, 0.4) is 0 Å². The molecule has 0 aliphatic rings. The van der Waals surface area contributed by atoms with E-state index < -0.39 is 0 Å². The van der Waals surface area contributed by atoms with Crippen LogP contribution >= 0.6 is 22.6 Å². The summed E-state index contributed by atoms with van der Waals surface area (Å²) in [4.78, 5) is 10.7. The average Bonchev–Trinajstić information content (AvgIpc) is 1.63. The summed E-state index contributed by atoms with van der Waals surface area (Å²) in [6.45, 7) is 4.48. The number of carbonyl (C=O) groups excluding carboxylic acids is 1. The van der Waals surface area contributed by atoms with Crippen LogP contribution in [-0.4, -0.2) is 12.5 Å². The summed E-state index contributed by atoms with van der Waals surface area (Å²) in [5.41, 5.74) is 0. The second-order valence-corrected chi connectivity index (χ2v) is 3.33. The molecule has 0 aliphatic carbocycles. The summed E-state index contributed by atoms with van der Waals surface area (Å²) < 4.78 is 0.999. The van der Waals surface area contributed by atoms with Crippen molar-refractivity contribution in [1.82, 2.24) is 5.32 Å². The third-order valence-corrected chi connectivity index (χ3v) is 0.992. The molecule has 52 valence electrons. The minimum Gasteiger partial charge on any atom is -0.353 e. The van der Waals surface area contributed by atoms with Crippen LogP contribution in [0.4, 0.5) is 0 Å². The van der Waals surface area contributed by atoms with Gasteiger partial charge >= 0.3 is 0 Å². The second kappa shape index (κ2) is 4.78. The van der Waals surface area contributed by atoms with Crippen molar-refractivity contribution in [3.8, 4) is 0 Å². The summed E-state index contributed by atoms with van der Waals surface area (Å²) in [7, 11) is 0. The Labute approximate surface area is 68.8 Å². The Bertz CT molecular complexity index is 127. The van der Waals surface area contributed by atoms with Crippen molar-refractivity contribution in [1.29, 1.82) is 0 Å². The first kappa shape index (κ1) is 8.94. The monoisotopic (exact) mass is 239 g/mol. The van der Waals surface area contributed by atoms with Crippen LogP contribution in [0.25, 0.3) is 0 Å². The number of hydrogen-bond donors (Lipinski definition) is 1. The van der Waals surface area contributed by atoms with Crippen molar-refractivity contribution in [2.45, 2.75) is 13.8 Å². The lowest BCUT2D eigenvalue weighted by molar-refractivity contribution is -0.116. The molecule has 0 heterocycles. The Kier molecular flexibility index (Phi) is 4.75. The first-order chi connectivity index (χ1) is 4.16. The van der Waals surface area contributed by atoms with E-state index >= 15 is 0 Å². The standard InChI is InChI=1S/C6H10INO/c1-3-8-6(9)4-5(2)7/h4H,3H2,1-2H3,(H,8,9)/b5-4-. The van der Waals surface area contributed by atoms with Crippen molar-refractivity contribution in [3.05, 3.63) is 9.66 Å². The van der Waals surface area contributed by atoms with Gasteiger partial charge in [0.1, 0.15) is 0 Å². The Balaban J connectivity index is 3.63. The van der Waals surface area contributed by atoms with E-state index in [0.29, 0.717) is 6.54 Å². The maximum Gasteiger partial charge on any atom is 0.244 e. The van der Waals surface area contributed by atoms with Gasteiger partial charge in [0.25, 0.3) is 0 Å². The van der Waals surface area contributed by atoms with E-state index in [1.807, 2.05) is 13.8 Å². The Hall–Kier alpha value is -0.0600. The van der Waals surface area contributed by atoms with Crippen molar-refractivity contribution in [3.63, 3.8) is 0 Å². The van der Waals surface area contributed by atoms with Gasteiger partial charge < -0.3 is 5.32 Å². The third-order valence-electron chi connectivity index (χ3n) is 0.681. The molecule has 2 nitrogen and oxygen atoms in total. The number of allylic oxidation sites excluding steroid dienone is 1. The molecule has 0 aliphatic heterocycles. The van der Waals surface area contributed by atoms with Gasteiger partial charge in [0.05, 0.1) is 0 Å². The highest BCUT2D eigenvalue weighted by molar-refractivity contribution is 14.1. The molecule has 0 bridgehead atoms. The molecule has 0 aromatic heterocycles. The SMILES string of the molecule is CCNC(=O)/C=C(/C)I. The summed E-state index contributed by atoms with van der Waals surface area (Å²) >= 11 is 2.10. The zero-order chi connectivity index (χ0) is 7.28.